The molecule has 0 saturated carbocycles. The lowest BCUT2D eigenvalue weighted by atomic mass is 9.98. The molecule has 1 amide bonds. The Hall–Kier alpha value is -2.24. The molecule has 1 saturated heterocycles. The monoisotopic (exact) mass is 272 g/mol. The van der Waals surface area contributed by atoms with Crippen LogP contribution in [0.3, 0.4) is 0 Å². The molecule has 1 aliphatic rings. The SMILES string of the molecule is CC(C)C(=O)N1CC(c2nc(-c3ccncc3)no2)C1. The number of carbonyl (C=O) groups excluding carboxylic acids is 1. The Balaban J connectivity index is 1.67. The van der Waals surface area contributed by atoms with E-state index in [1.54, 1.807) is 12.4 Å². The largest absolute Gasteiger partial charge is 0.341 e. The van der Waals surface area contributed by atoms with Crippen LogP contribution in [-0.4, -0.2) is 39.0 Å². The maximum Gasteiger partial charge on any atom is 0.233 e. The summed E-state index contributed by atoms with van der Waals surface area (Å²) in [4.78, 5) is 22.0. The summed E-state index contributed by atoms with van der Waals surface area (Å²) in [5.41, 5.74) is 0.879. The zero-order chi connectivity index (χ0) is 14.1. The predicted molar refractivity (Wildman–Crippen MR) is 71.7 cm³/mol. The molecule has 1 fully saturated rings. The molecule has 0 radical (unpaired) electrons. The van der Waals surface area contributed by atoms with Crippen molar-refractivity contribution < 1.29 is 9.32 Å². The smallest absolute Gasteiger partial charge is 0.233 e. The third-order valence-electron chi connectivity index (χ3n) is 3.42. The standard InChI is InChI=1S/C14H16N4O2/c1-9(2)14(19)18-7-11(8-18)13-16-12(17-20-13)10-3-5-15-6-4-10/h3-6,9,11H,7-8H2,1-2H3. The molecule has 2 aromatic rings. The summed E-state index contributed by atoms with van der Waals surface area (Å²) in [7, 11) is 0. The quantitative estimate of drug-likeness (QED) is 0.850. The second-order valence-corrected chi connectivity index (χ2v) is 5.29. The van der Waals surface area contributed by atoms with E-state index in [1.807, 2.05) is 30.9 Å². The van der Waals surface area contributed by atoms with E-state index in [4.69, 9.17) is 4.52 Å². The van der Waals surface area contributed by atoms with E-state index in [1.165, 1.54) is 0 Å². The van der Waals surface area contributed by atoms with Crippen LogP contribution >= 0.6 is 0 Å². The summed E-state index contributed by atoms with van der Waals surface area (Å²) in [6.45, 7) is 5.14. The number of likely N-dealkylation sites (tertiary alicyclic amines) is 1. The normalized spacial score (nSPS) is 15.4. The summed E-state index contributed by atoms with van der Waals surface area (Å²) in [6.07, 6.45) is 3.38. The van der Waals surface area contributed by atoms with Crippen molar-refractivity contribution >= 4 is 5.91 Å². The van der Waals surface area contributed by atoms with Gasteiger partial charge in [0.25, 0.3) is 0 Å². The minimum atomic E-state index is 0.0333. The summed E-state index contributed by atoms with van der Waals surface area (Å²) in [5, 5.41) is 3.98. The van der Waals surface area contributed by atoms with Crippen LogP contribution in [0, 0.1) is 5.92 Å². The minimum absolute atomic E-state index is 0.0333. The Morgan fingerprint density at radius 1 is 1.35 bits per heavy atom. The van der Waals surface area contributed by atoms with Crippen LogP contribution in [0.5, 0.6) is 0 Å². The second kappa shape index (κ2) is 5.03. The fraction of sp³-hybridized carbons (Fsp3) is 0.429. The molecule has 1 aliphatic heterocycles. The van der Waals surface area contributed by atoms with Gasteiger partial charge in [-0.1, -0.05) is 19.0 Å². The molecule has 0 bridgehead atoms. The van der Waals surface area contributed by atoms with Crippen molar-refractivity contribution in [1.82, 2.24) is 20.0 Å². The maximum atomic E-state index is 11.8. The molecule has 6 nitrogen and oxygen atoms in total. The minimum Gasteiger partial charge on any atom is -0.341 e. The Morgan fingerprint density at radius 2 is 2.05 bits per heavy atom. The third kappa shape index (κ3) is 2.29. The van der Waals surface area contributed by atoms with E-state index in [0.717, 1.165) is 5.56 Å². The van der Waals surface area contributed by atoms with Gasteiger partial charge in [0.15, 0.2) is 0 Å². The van der Waals surface area contributed by atoms with Gasteiger partial charge in [-0.15, -0.1) is 0 Å². The van der Waals surface area contributed by atoms with Crippen molar-refractivity contribution in [3.8, 4) is 11.4 Å². The van der Waals surface area contributed by atoms with Gasteiger partial charge in [0.2, 0.25) is 17.6 Å². The van der Waals surface area contributed by atoms with Crippen molar-refractivity contribution in [2.45, 2.75) is 19.8 Å². The van der Waals surface area contributed by atoms with Crippen molar-refractivity contribution in [1.29, 1.82) is 0 Å². The van der Waals surface area contributed by atoms with Crippen molar-refractivity contribution in [2.75, 3.05) is 13.1 Å². The highest BCUT2D eigenvalue weighted by Gasteiger charge is 2.36. The molecule has 3 heterocycles. The maximum absolute atomic E-state index is 11.8. The number of rotatable bonds is 3. The van der Waals surface area contributed by atoms with Gasteiger partial charge in [-0.3, -0.25) is 9.78 Å². The molecule has 0 unspecified atom stereocenters. The molecule has 20 heavy (non-hydrogen) atoms. The highest BCUT2D eigenvalue weighted by molar-refractivity contribution is 5.79. The van der Waals surface area contributed by atoms with E-state index < -0.39 is 0 Å². The Kier molecular flexibility index (Phi) is 3.22. The van der Waals surface area contributed by atoms with E-state index in [9.17, 15) is 4.79 Å². The van der Waals surface area contributed by atoms with Crippen LogP contribution < -0.4 is 0 Å². The fourth-order valence-electron chi connectivity index (χ4n) is 2.20. The summed E-state index contributed by atoms with van der Waals surface area (Å²) >= 11 is 0. The molecule has 0 aromatic carbocycles. The van der Waals surface area contributed by atoms with Crippen LogP contribution in [0.1, 0.15) is 25.7 Å². The molecule has 6 heteroatoms. The van der Waals surface area contributed by atoms with Gasteiger partial charge < -0.3 is 9.42 Å². The molecule has 3 rings (SSSR count). The second-order valence-electron chi connectivity index (χ2n) is 5.29. The molecular formula is C14H16N4O2. The lowest BCUT2D eigenvalue weighted by Gasteiger charge is -2.38. The molecule has 0 spiro atoms. The van der Waals surface area contributed by atoms with Crippen LogP contribution in [-0.2, 0) is 4.79 Å². The number of nitrogens with zero attached hydrogens (tertiary/aromatic N) is 4. The highest BCUT2D eigenvalue weighted by Crippen LogP contribution is 2.28. The third-order valence-corrected chi connectivity index (χ3v) is 3.42. The summed E-state index contributed by atoms with van der Waals surface area (Å²) in [6, 6.07) is 3.67. The average molecular weight is 272 g/mol. The zero-order valence-electron chi connectivity index (χ0n) is 11.5. The zero-order valence-corrected chi connectivity index (χ0v) is 11.5. The first-order valence-corrected chi connectivity index (χ1v) is 6.68. The van der Waals surface area contributed by atoms with Gasteiger partial charge in [0.05, 0.1) is 5.92 Å². The van der Waals surface area contributed by atoms with Gasteiger partial charge in [0, 0.05) is 37.0 Å². The average Bonchev–Trinajstić information content (AvgIpc) is 2.87. The number of hydrogen-bond donors (Lipinski definition) is 0. The molecular weight excluding hydrogens is 256 g/mol. The van der Waals surface area contributed by atoms with E-state index in [0.29, 0.717) is 24.8 Å². The first-order valence-electron chi connectivity index (χ1n) is 6.68. The van der Waals surface area contributed by atoms with E-state index >= 15 is 0 Å². The van der Waals surface area contributed by atoms with E-state index in [2.05, 4.69) is 15.1 Å². The van der Waals surface area contributed by atoms with Gasteiger partial charge in [0.1, 0.15) is 0 Å². The lowest BCUT2D eigenvalue weighted by molar-refractivity contribution is -0.139. The fourth-order valence-corrected chi connectivity index (χ4v) is 2.20. The predicted octanol–water partition coefficient (Wildman–Crippen LogP) is 1.71. The molecule has 0 N–H and O–H groups in total. The summed E-state index contributed by atoms with van der Waals surface area (Å²) < 4.78 is 5.29. The number of carbonyl (C=O) groups is 1. The van der Waals surface area contributed by atoms with Crippen molar-refractivity contribution in [3.63, 3.8) is 0 Å². The lowest BCUT2D eigenvalue weighted by Crippen LogP contribution is -2.50. The summed E-state index contributed by atoms with van der Waals surface area (Å²) in [5.74, 6) is 1.53. The van der Waals surface area contributed by atoms with Crippen molar-refractivity contribution in [3.05, 3.63) is 30.4 Å². The number of amides is 1. The van der Waals surface area contributed by atoms with Gasteiger partial charge in [-0.2, -0.15) is 4.98 Å². The molecule has 0 atom stereocenters. The molecule has 104 valence electrons. The number of pyridine rings is 1. The Bertz CT molecular complexity index is 603. The van der Waals surface area contributed by atoms with E-state index in [-0.39, 0.29) is 17.7 Å². The highest BCUT2D eigenvalue weighted by atomic mass is 16.5. The first kappa shape index (κ1) is 12.8. The molecule has 0 aliphatic carbocycles. The van der Waals surface area contributed by atoms with Crippen LogP contribution in [0.15, 0.2) is 29.0 Å². The van der Waals surface area contributed by atoms with Gasteiger partial charge >= 0.3 is 0 Å². The van der Waals surface area contributed by atoms with Gasteiger partial charge in [-0.25, -0.2) is 0 Å². The number of hydrogen-bond acceptors (Lipinski definition) is 5. The van der Waals surface area contributed by atoms with Crippen LogP contribution in [0.4, 0.5) is 0 Å². The number of aromatic nitrogens is 3. The van der Waals surface area contributed by atoms with Gasteiger partial charge in [-0.05, 0) is 12.1 Å². The van der Waals surface area contributed by atoms with Crippen molar-refractivity contribution in [2.24, 2.45) is 5.92 Å². The topological polar surface area (TPSA) is 72.1 Å². The van der Waals surface area contributed by atoms with Crippen LogP contribution in [0.2, 0.25) is 0 Å². The molecule has 2 aromatic heterocycles. The van der Waals surface area contributed by atoms with Crippen LogP contribution in [0.25, 0.3) is 11.4 Å². The Labute approximate surface area is 116 Å². The first-order chi connectivity index (χ1) is 9.65. The Morgan fingerprint density at radius 3 is 2.70 bits per heavy atom.